The Labute approximate surface area is 99.7 Å². The normalized spacial score (nSPS) is 14.8. The lowest BCUT2D eigenvalue weighted by molar-refractivity contribution is 0.0672. The van der Waals surface area contributed by atoms with E-state index in [0.29, 0.717) is 17.7 Å². The molecule has 1 aliphatic rings. The van der Waals surface area contributed by atoms with Gasteiger partial charge in [-0.15, -0.1) is 0 Å². The van der Waals surface area contributed by atoms with Gasteiger partial charge in [-0.3, -0.25) is 14.5 Å². The van der Waals surface area contributed by atoms with Crippen LogP contribution in [0.1, 0.15) is 26.3 Å². The number of hydrogen-bond acceptors (Lipinski definition) is 3. The molecule has 0 atom stereocenters. The Kier molecular flexibility index (Phi) is 3.06. The highest BCUT2D eigenvalue weighted by atomic mass is 16.2. The minimum absolute atomic E-state index is 0.227. The molecule has 4 nitrogen and oxygen atoms in total. The van der Waals surface area contributed by atoms with Crippen molar-refractivity contribution in [3.8, 4) is 0 Å². The Bertz CT molecular complexity index is 506. The standard InChI is InChI=1S/C13H14N2O2/c1-9-4-5-10-11(8-9)13(17)15(12(10)16)7-3-2-6-14/h2-5,8H,6-7,14H2,1H3/b3-2+. The fraction of sp³-hybridized carbons (Fsp3) is 0.231. The molecule has 0 fully saturated rings. The molecule has 2 N–H and O–H groups in total. The highest BCUT2D eigenvalue weighted by Crippen LogP contribution is 2.23. The van der Waals surface area contributed by atoms with Crippen LogP contribution < -0.4 is 5.73 Å². The summed E-state index contributed by atoms with van der Waals surface area (Å²) in [7, 11) is 0. The number of nitrogens with two attached hydrogens (primary N) is 1. The van der Waals surface area contributed by atoms with Crippen LogP contribution in [0.2, 0.25) is 0 Å². The second-order valence-corrected chi connectivity index (χ2v) is 3.98. The number of carbonyl (C=O) groups is 2. The van der Waals surface area contributed by atoms with Gasteiger partial charge < -0.3 is 5.73 Å². The third-order valence-corrected chi connectivity index (χ3v) is 2.72. The van der Waals surface area contributed by atoms with Crippen molar-refractivity contribution in [3.05, 3.63) is 47.0 Å². The van der Waals surface area contributed by atoms with E-state index in [1.807, 2.05) is 13.0 Å². The molecule has 1 aliphatic heterocycles. The lowest BCUT2D eigenvalue weighted by Crippen LogP contribution is -2.29. The summed E-state index contributed by atoms with van der Waals surface area (Å²) in [6, 6.07) is 5.29. The zero-order valence-electron chi connectivity index (χ0n) is 9.64. The smallest absolute Gasteiger partial charge is 0.261 e. The van der Waals surface area contributed by atoms with Crippen molar-refractivity contribution in [2.75, 3.05) is 13.1 Å². The molecule has 2 rings (SSSR count). The van der Waals surface area contributed by atoms with Crippen molar-refractivity contribution in [2.24, 2.45) is 5.73 Å². The number of fused-ring (bicyclic) bond motifs is 1. The summed E-state index contributed by atoms with van der Waals surface area (Å²) in [5, 5.41) is 0. The number of carbonyl (C=O) groups excluding carboxylic acids is 2. The molecule has 0 saturated carbocycles. The third kappa shape index (κ3) is 1.99. The van der Waals surface area contributed by atoms with Gasteiger partial charge in [0.05, 0.1) is 11.1 Å². The van der Waals surface area contributed by atoms with E-state index >= 15 is 0 Å². The average Bonchev–Trinajstić information content (AvgIpc) is 2.54. The molecule has 2 amide bonds. The van der Waals surface area contributed by atoms with Crippen LogP contribution in [0.5, 0.6) is 0 Å². The number of nitrogens with zero attached hydrogens (tertiary/aromatic N) is 1. The number of rotatable bonds is 3. The van der Waals surface area contributed by atoms with Crippen LogP contribution in [-0.4, -0.2) is 29.8 Å². The van der Waals surface area contributed by atoms with E-state index in [-0.39, 0.29) is 18.4 Å². The van der Waals surface area contributed by atoms with Gasteiger partial charge in [-0.25, -0.2) is 0 Å². The average molecular weight is 230 g/mol. The summed E-state index contributed by atoms with van der Waals surface area (Å²) in [6.45, 7) is 2.58. The topological polar surface area (TPSA) is 63.4 Å². The Morgan fingerprint density at radius 3 is 2.59 bits per heavy atom. The van der Waals surface area contributed by atoms with Crippen LogP contribution in [0.3, 0.4) is 0 Å². The number of amides is 2. The largest absolute Gasteiger partial charge is 0.327 e. The molecule has 0 aromatic heterocycles. The molecule has 0 saturated heterocycles. The number of benzene rings is 1. The van der Waals surface area contributed by atoms with Crippen molar-refractivity contribution in [3.63, 3.8) is 0 Å². The highest BCUT2D eigenvalue weighted by molar-refractivity contribution is 6.21. The summed E-state index contributed by atoms with van der Waals surface area (Å²) in [4.78, 5) is 25.2. The number of imide groups is 1. The predicted octanol–water partition coefficient (Wildman–Crippen LogP) is 1.11. The van der Waals surface area contributed by atoms with Crippen molar-refractivity contribution < 1.29 is 9.59 Å². The molecule has 0 spiro atoms. The van der Waals surface area contributed by atoms with Gasteiger partial charge in [0.15, 0.2) is 0 Å². The molecular weight excluding hydrogens is 216 g/mol. The molecule has 1 heterocycles. The first kappa shape index (κ1) is 11.5. The maximum atomic E-state index is 12.0. The Balaban J connectivity index is 2.29. The fourth-order valence-electron chi connectivity index (χ4n) is 1.85. The lowest BCUT2D eigenvalue weighted by atomic mass is 10.1. The van der Waals surface area contributed by atoms with Crippen LogP contribution in [0.25, 0.3) is 0 Å². The second-order valence-electron chi connectivity index (χ2n) is 3.98. The molecular formula is C13H14N2O2. The van der Waals surface area contributed by atoms with Gasteiger partial charge in [-0.05, 0) is 19.1 Å². The molecule has 1 aromatic rings. The Morgan fingerprint density at radius 1 is 1.18 bits per heavy atom. The number of hydrogen-bond donors (Lipinski definition) is 1. The van der Waals surface area contributed by atoms with Gasteiger partial charge in [0, 0.05) is 13.1 Å². The Hall–Kier alpha value is -1.94. The molecule has 88 valence electrons. The summed E-state index contributed by atoms with van der Waals surface area (Å²) >= 11 is 0. The monoisotopic (exact) mass is 230 g/mol. The SMILES string of the molecule is Cc1ccc2c(c1)C(=O)N(C/C=C/CN)C2=O. The Morgan fingerprint density at radius 2 is 1.88 bits per heavy atom. The summed E-state index contributed by atoms with van der Waals surface area (Å²) < 4.78 is 0. The van der Waals surface area contributed by atoms with Crippen LogP contribution in [0.15, 0.2) is 30.4 Å². The van der Waals surface area contributed by atoms with E-state index in [1.54, 1.807) is 24.3 Å². The minimum atomic E-state index is -0.230. The lowest BCUT2D eigenvalue weighted by Gasteiger charge is -2.10. The fourth-order valence-corrected chi connectivity index (χ4v) is 1.85. The van der Waals surface area contributed by atoms with Gasteiger partial charge in [0.2, 0.25) is 0 Å². The molecule has 0 bridgehead atoms. The highest BCUT2D eigenvalue weighted by Gasteiger charge is 2.34. The molecule has 0 radical (unpaired) electrons. The summed E-state index contributed by atoms with van der Waals surface area (Å²) in [6.07, 6.45) is 3.46. The van der Waals surface area contributed by atoms with Gasteiger partial charge in [-0.2, -0.15) is 0 Å². The van der Waals surface area contributed by atoms with Gasteiger partial charge in [0.1, 0.15) is 0 Å². The zero-order chi connectivity index (χ0) is 12.4. The first-order chi connectivity index (χ1) is 8.15. The van der Waals surface area contributed by atoms with Gasteiger partial charge >= 0.3 is 0 Å². The van der Waals surface area contributed by atoms with Crippen LogP contribution >= 0.6 is 0 Å². The van der Waals surface area contributed by atoms with E-state index in [1.165, 1.54) is 4.90 Å². The molecule has 1 aromatic carbocycles. The van der Waals surface area contributed by atoms with E-state index in [0.717, 1.165) is 5.56 Å². The van der Waals surface area contributed by atoms with Crippen molar-refractivity contribution in [1.82, 2.24) is 4.90 Å². The van der Waals surface area contributed by atoms with Crippen LogP contribution in [-0.2, 0) is 0 Å². The second kappa shape index (κ2) is 4.51. The van der Waals surface area contributed by atoms with Gasteiger partial charge in [-0.1, -0.05) is 23.8 Å². The summed E-state index contributed by atoms with van der Waals surface area (Å²) in [5.74, 6) is -0.456. The van der Waals surface area contributed by atoms with E-state index < -0.39 is 0 Å². The van der Waals surface area contributed by atoms with E-state index in [9.17, 15) is 9.59 Å². The predicted molar refractivity (Wildman–Crippen MR) is 64.7 cm³/mol. The first-order valence-electron chi connectivity index (χ1n) is 5.47. The van der Waals surface area contributed by atoms with Crippen LogP contribution in [0.4, 0.5) is 0 Å². The molecule has 0 unspecified atom stereocenters. The minimum Gasteiger partial charge on any atom is -0.327 e. The zero-order valence-corrected chi connectivity index (χ0v) is 9.64. The van der Waals surface area contributed by atoms with Gasteiger partial charge in [0.25, 0.3) is 11.8 Å². The third-order valence-electron chi connectivity index (χ3n) is 2.72. The molecule has 17 heavy (non-hydrogen) atoms. The number of aryl methyl sites for hydroxylation is 1. The van der Waals surface area contributed by atoms with E-state index in [2.05, 4.69) is 0 Å². The molecule has 0 aliphatic carbocycles. The quantitative estimate of drug-likeness (QED) is 0.625. The van der Waals surface area contributed by atoms with E-state index in [4.69, 9.17) is 5.73 Å². The van der Waals surface area contributed by atoms with Crippen molar-refractivity contribution in [1.29, 1.82) is 0 Å². The summed E-state index contributed by atoms with van der Waals surface area (Å²) in [5.41, 5.74) is 7.27. The first-order valence-corrected chi connectivity index (χ1v) is 5.47. The maximum Gasteiger partial charge on any atom is 0.261 e. The van der Waals surface area contributed by atoms with Crippen molar-refractivity contribution >= 4 is 11.8 Å². The molecule has 4 heteroatoms. The van der Waals surface area contributed by atoms with Crippen LogP contribution in [0, 0.1) is 6.92 Å². The van der Waals surface area contributed by atoms with Crippen molar-refractivity contribution in [2.45, 2.75) is 6.92 Å². The maximum absolute atomic E-state index is 12.0.